The number of aliphatic hydroxyl groups excluding tert-OH is 1. The summed E-state index contributed by atoms with van der Waals surface area (Å²) in [6, 6.07) is 0. The van der Waals surface area contributed by atoms with Crippen LogP contribution in [-0.4, -0.2) is 78.9 Å². The SMILES string of the molecule is CC(C)(C)OCC(O)CN1CCN(CC(F)F)CC1. The zero-order valence-electron chi connectivity index (χ0n) is 12.1. The molecule has 0 bridgehead atoms. The molecule has 1 fully saturated rings. The standard InChI is InChI=1S/C13H26F2N2O2/c1-13(2,3)19-10-11(18)8-16-4-6-17(7-5-16)9-12(14)15/h11-12,18H,4-10H2,1-3H3. The Balaban J connectivity index is 2.18. The second-order valence-corrected chi connectivity index (χ2v) is 6.07. The Hall–Kier alpha value is -0.300. The molecule has 0 aliphatic carbocycles. The van der Waals surface area contributed by atoms with Gasteiger partial charge in [0, 0.05) is 32.7 Å². The maximum absolute atomic E-state index is 12.2. The summed E-state index contributed by atoms with van der Waals surface area (Å²) in [4.78, 5) is 3.86. The summed E-state index contributed by atoms with van der Waals surface area (Å²) in [5.41, 5.74) is -0.253. The number of alkyl halides is 2. The van der Waals surface area contributed by atoms with Gasteiger partial charge in [-0.1, -0.05) is 0 Å². The lowest BCUT2D eigenvalue weighted by molar-refractivity contribution is -0.0593. The van der Waals surface area contributed by atoms with E-state index in [1.807, 2.05) is 20.8 Å². The lowest BCUT2D eigenvalue weighted by Gasteiger charge is -2.35. The highest BCUT2D eigenvalue weighted by atomic mass is 19.3. The van der Waals surface area contributed by atoms with Crippen LogP contribution in [0.1, 0.15) is 20.8 Å². The molecule has 0 spiro atoms. The number of aliphatic hydroxyl groups is 1. The van der Waals surface area contributed by atoms with Crippen molar-refractivity contribution < 1.29 is 18.6 Å². The van der Waals surface area contributed by atoms with Crippen molar-refractivity contribution in [2.75, 3.05) is 45.9 Å². The maximum Gasteiger partial charge on any atom is 0.251 e. The summed E-state index contributed by atoms with van der Waals surface area (Å²) < 4.78 is 30.0. The Morgan fingerprint density at radius 2 is 1.53 bits per heavy atom. The molecule has 0 aromatic rings. The largest absolute Gasteiger partial charge is 0.389 e. The van der Waals surface area contributed by atoms with Gasteiger partial charge in [0.2, 0.25) is 0 Å². The van der Waals surface area contributed by atoms with E-state index in [0.29, 0.717) is 26.2 Å². The number of piperazine rings is 1. The number of hydrogen-bond acceptors (Lipinski definition) is 4. The Kier molecular flexibility index (Phi) is 6.59. The summed E-state index contributed by atoms with van der Waals surface area (Å²) in [5, 5.41) is 9.88. The zero-order valence-corrected chi connectivity index (χ0v) is 12.1. The highest BCUT2D eigenvalue weighted by Gasteiger charge is 2.22. The van der Waals surface area contributed by atoms with E-state index in [4.69, 9.17) is 4.74 Å². The number of ether oxygens (including phenoxy) is 1. The van der Waals surface area contributed by atoms with Crippen molar-refractivity contribution in [3.8, 4) is 0 Å². The molecule has 4 nitrogen and oxygen atoms in total. The molecule has 19 heavy (non-hydrogen) atoms. The van der Waals surface area contributed by atoms with Gasteiger partial charge in [0.1, 0.15) is 0 Å². The summed E-state index contributed by atoms with van der Waals surface area (Å²) in [6.45, 7) is 9.25. The van der Waals surface area contributed by atoms with Crippen molar-refractivity contribution in [1.29, 1.82) is 0 Å². The molecule has 0 aromatic carbocycles. The molecular formula is C13H26F2N2O2. The van der Waals surface area contributed by atoms with E-state index in [2.05, 4.69) is 4.90 Å². The van der Waals surface area contributed by atoms with Crippen LogP contribution in [0.4, 0.5) is 8.78 Å². The van der Waals surface area contributed by atoms with Gasteiger partial charge >= 0.3 is 0 Å². The lowest BCUT2D eigenvalue weighted by atomic mass is 10.2. The minimum atomic E-state index is -2.27. The van der Waals surface area contributed by atoms with Crippen LogP contribution in [0.25, 0.3) is 0 Å². The van der Waals surface area contributed by atoms with Crippen molar-refractivity contribution in [2.24, 2.45) is 0 Å². The van der Waals surface area contributed by atoms with Gasteiger partial charge in [-0.3, -0.25) is 9.80 Å². The summed E-state index contributed by atoms with van der Waals surface area (Å²) in [6.07, 6.45) is -2.79. The maximum atomic E-state index is 12.2. The van der Waals surface area contributed by atoms with Crippen LogP contribution in [0, 0.1) is 0 Å². The van der Waals surface area contributed by atoms with E-state index in [-0.39, 0.29) is 12.1 Å². The van der Waals surface area contributed by atoms with Crippen molar-refractivity contribution >= 4 is 0 Å². The summed E-state index contributed by atoms with van der Waals surface area (Å²) in [5.74, 6) is 0. The molecule has 0 saturated carbocycles. The zero-order chi connectivity index (χ0) is 14.5. The topological polar surface area (TPSA) is 35.9 Å². The number of β-amino-alcohol motifs (C(OH)–C–C–N with tert-alkyl or cyclic N) is 1. The highest BCUT2D eigenvalue weighted by Crippen LogP contribution is 2.09. The van der Waals surface area contributed by atoms with Crippen LogP contribution in [0.2, 0.25) is 0 Å². The fraction of sp³-hybridized carbons (Fsp3) is 1.00. The van der Waals surface area contributed by atoms with Gasteiger partial charge in [0.05, 0.1) is 24.9 Å². The molecule has 114 valence electrons. The molecule has 0 radical (unpaired) electrons. The molecule has 1 unspecified atom stereocenters. The first-order valence-corrected chi connectivity index (χ1v) is 6.81. The van der Waals surface area contributed by atoms with E-state index in [0.717, 1.165) is 13.1 Å². The van der Waals surface area contributed by atoms with E-state index < -0.39 is 12.5 Å². The predicted octanol–water partition coefficient (Wildman–Crippen LogP) is 1.05. The number of rotatable bonds is 6. The number of halogens is 2. The third-order valence-corrected chi connectivity index (χ3v) is 3.04. The van der Waals surface area contributed by atoms with Crippen LogP contribution in [0.15, 0.2) is 0 Å². The molecule has 0 amide bonds. The van der Waals surface area contributed by atoms with Gasteiger partial charge in [0.15, 0.2) is 0 Å². The van der Waals surface area contributed by atoms with Crippen LogP contribution < -0.4 is 0 Å². The van der Waals surface area contributed by atoms with E-state index in [1.54, 1.807) is 4.90 Å². The van der Waals surface area contributed by atoms with Gasteiger partial charge in [-0.2, -0.15) is 0 Å². The fourth-order valence-electron chi connectivity index (χ4n) is 2.05. The Morgan fingerprint density at radius 3 is 1.95 bits per heavy atom. The average Bonchev–Trinajstić information content (AvgIpc) is 2.28. The third-order valence-electron chi connectivity index (χ3n) is 3.04. The van der Waals surface area contributed by atoms with Gasteiger partial charge < -0.3 is 9.84 Å². The molecule has 1 heterocycles. The first kappa shape index (κ1) is 16.8. The Morgan fingerprint density at radius 1 is 1.05 bits per heavy atom. The van der Waals surface area contributed by atoms with Gasteiger partial charge in [-0.15, -0.1) is 0 Å². The van der Waals surface area contributed by atoms with Crippen LogP contribution >= 0.6 is 0 Å². The molecule has 1 aliphatic heterocycles. The first-order chi connectivity index (χ1) is 8.76. The van der Waals surface area contributed by atoms with E-state index in [1.165, 1.54) is 0 Å². The fourth-order valence-corrected chi connectivity index (χ4v) is 2.05. The van der Waals surface area contributed by atoms with Gasteiger partial charge in [0.25, 0.3) is 6.43 Å². The van der Waals surface area contributed by atoms with Crippen LogP contribution in [-0.2, 0) is 4.74 Å². The second-order valence-electron chi connectivity index (χ2n) is 6.07. The average molecular weight is 280 g/mol. The van der Waals surface area contributed by atoms with E-state index >= 15 is 0 Å². The second kappa shape index (κ2) is 7.47. The molecule has 1 atom stereocenters. The molecule has 1 rings (SSSR count). The van der Waals surface area contributed by atoms with Crippen molar-refractivity contribution in [3.05, 3.63) is 0 Å². The minimum Gasteiger partial charge on any atom is -0.389 e. The van der Waals surface area contributed by atoms with Crippen LogP contribution in [0.3, 0.4) is 0 Å². The molecule has 6 heteroatoms. The van der Waals surface area contributed by atoms with Crippen molar-refractivity contribution in [1.82, 2.24) is 9.80 Å². The molecular weight excluding hydrogens is 254 g/mol. The summed E-state index contributed by atoms with van der Waals surface area (Å²) >= 11 is 0. The van der Waals surface area contributed by atoms with Crippen LogP contribution in [0.5, 0.6) is 0 Å². The smallest absolute Gasteiger partial charge is 0.251 e. The van der Waals surface area contributed by atoms with Gasteiger partial charge in [-0.05, 0) is 20.8 Å². The monoisotopic (exact) mass is 280 g/mol. The predicted molar refractivity (Wildman–Crippen MR) is 70.6 cm³/mol. The highest BCUT2D eigenvalue weighted by molar-refractivity contribution is 4.75. The normalized spacial score (nSPS) is 21.0. The van der Waals surface area contributed by atoms with Gasteiger partial charge in [-0.25, -0.2) is 8.78 Å². The van der Waals surface area contributed by atoms with Crippen molar-refractivity contribution in [3.63, 3.8) is 0 Å². The third kappa shape index (κ3) is 7.77. The molecule has 1 aliphatic rings. The molecule has 0 aromatic heterocycles. The van der Waals surface area contributed by atoms with E-state index in [9.17, 15) is 13.9 Å². The Labute approximate surface area is 114 Å². The minimum absolute atomic E-state index is 0.149. The number of hydrogen-bond donors (Lipinski definition) is 1. The Bertz CT molecular complexity index is 252. The van der Waals surface area contributed by atoms with Crippen molar-refractivity contribution in [2.45, 2.75) is 38.9 Å². The molecule has 1 N–H and O–H groups in total. The quantitative estimate of drug-likeness (QED) is 0.789. The molecule has 1 saturated heterocycles. The number of nitrogens with zero attached hydrogens (tertiary/aromatic N) is 2. The summed E-state index contributed by atoms with van der Waals surface area (Å²) in [7, 11) is 0. The first-order valence-electron chi connectivity index (χ1n) is 6.81. The lowest BCUT2D eigenvalue weighted by Crippen LogP contribution is -2.50.